The second-order valence-electron chi connectivity index (χ2n) is 6.39. The zero-order valence-electron chi connectivity index (χ0n) is 16.9. The number of nitrogens with zero attached hydrogens (tertiary/aromatic N) is 3. The predicted octanol–water partition coefficient (Wildman–Crippen LogP) is 4.69. The molecule has 0 spiro atoms. The van der Waals surface area contributed by atoms with Gasteiger partial charge in [0.2, 0.25) is 6.20 Å². The van der Waals surface area contributed by atoms with Crippen molar-refractivity contribution in [1.82, 2.24) is 9.97 Å². The molecule has 0 saturated heterocycles. The lowest BCUT2D eigenvalue weighted by Gasteiger charge is -2.09. The summed E-state index contributed by atoms with van der Waals surface area (Å²) >= 11 is 1.70. The van der Waals surface area contributed by atoms with Gasteiger partial charge in [-0.25, -0.2) is 0 Å². The Bertz CT molecular complexity index is 757. The Morgan fingerprint density at radius 2 is 1.72 bits per heavy atom. The molecule has 0 unspecified atom stereocenters. The van der Waals surface area contributed by atoms with Crippen LogP contribution in [0.15, 0.2) is 48.4 Å². The molecule has 2 heterocycles. The Labute approximate surface area is 175 Å². The molecule has 7 nitrogen and oxygen atoms in total. The van der Waals surface area contributed by atoms with E-state index in [1.807, 2.05) is 24.3 Å². The fraction of sp³-hybridized carbons (Fsp3) is 0.429. The van der Waals surface area contributed by atoms with Gasteiger partial charge in [-0.15, -0.1) is 0 Å². The minimum Gasteiger partial charge on any atom is -0.495 e. The molecule has 8 heteroatoms. The van der Waals surface area contributed by atoms with Crippen LogP contribution in [-0.4, -0.2) is 34.9 Å². The standard InChI is InChI=1S/C21H27N3O4S/c1-27-20-9-5-12-22-18(20)8-4-3-7-17(15-24(25)26)11-14-29-16-19-21(28-2)10-6-13-23-19/h5-6,9-10,12-13,15H,3-4,7-8,11,14,16H2,1-2H3. The van der Waals surface area contributed by atoms with Crippen molar-refractivity contribution in [3.05, 3.63) is 69.9 Å². The molecule has 156 valence electrons. The maximum absolute atomic E-state index is 11.0. The van der Waals surface area contributed by atoms with Gasteiger partial charge in [0.05, 0.1) is 30.5 Å². The Balaban J connectivity index is 1.77. The number of hydrogen-bond acceptors (Lipinski definition) is 7. The zero-order valence-corrected chi connectivity index (χ0v) is 17.7. The summed E-state index contributed by atoms with van der Waals surface area (Å²) in [4.78, 5) is 19.3. The van der Waals surface area contributed by atoms with E-state index in [1.165, 1.54) is 0 Å². The Morgan fingerprint density at radius 3 is 2.38 bits per heavy atom. The zero-order chi connectivity index (χ0) is 20.9. The number of methoxy groups -OCH3 is 2. The van der Waals surface area contributed by atoms with Gasteiger partial charge in [0.25, 0.3) is 0 Å². The highest BCUT2D eigenvalue weighted by Gasteiger charge is 2.08. The maximum atomic E-state index is 11.0. The van der Waals surface area contributed by atoms with Crippen molar-refractivity contribution in [1.29, 1.82) is 0 Å². The molecule has 0 aliphatic rings. The lowest BCUT2D eigenvalue weighted by Crippen LogP contribution is -1.98. The number of aromatic nitrogens is 2. The summed E-state index contributed by atoms with van der Waals surface area (Å²) < 4.78 is 10.6. The van der Waals surface area contributed by atoms with Crippen molar-refractivity contribution in [2.24, 2.45) is 0 Å². The molecule has 0 bridgehead atoms. The van der Waals surface area contributed by atoms with Gasteiger partial charge in [-0.05, 0) is 62.1 Å². The van der Waals surface area contributed by atoms with Crippen LogP contribution in [0.25, 0.3) is 0 Å². The molecule has 2 rings (SSSR count). The van der Waals surface area contributed by atoms with E-state index in [0.717, 1.165) is 65.4 Å². The van der Waals surface area contributed by atoms with Crippen LogP contribution in [0.3, 0.4) is 0 Å². The third-order valence-corrected chi connectivity index (χ3v) is 5.36. The van der Waals surface area contributed by atoms with Crippen LogP contribution in [-0.2, 0) is 12.2 Å². The van der Waals surface area contributed by atoms with Gasteiger partial charge in [0, 0.05) is 23.7 Å². The van der Waals surface area contributed by atoms with Gasteiger partial charge in [0.1, 0.15) is 11.5 Å². The highest BCUT2D eigenvalue weighted by atomic mass is 32.2. The van der Waals surface area contributed by atoms with Crippen molar-refractivity contribution in [2.75, 3.05) is 20.0 Å². The van der Waals surface area contributed by atoms with Crippen LogP contribution in [0.5, 0.6) is 11.5 Å². The van der Waals surface area contributed by atoms with E-state index < -0.39 is 0 Å². The van der Waals surface area contributed by atoms with E-state index in [1.54, 1.807) is 38.4 Å². The van der Waals surface area contributed by atoms with Gasteiger partial charge in [-0.3, -0.25) is 20.1 Å². The average Bonchev–Trinajstić information content (AvgIpc) is 2.74. The molecule has 0 atom stereocenters. The lowest BCUT2D eigenvalue weighted by molar-refractivity contribution is -0.403. The number of unbranched alkanes of at least 4 members (excludes halogenated alkanes) is 1. The summed E-state index contributed by atoms with van der Waals surface area (Å²) in [7, 11) is 3.26. The largest absolute Gasteiger partial charge is 0.495 e. The van der Waals surface area contributed by atoms with Gasteiger partial charge in [-0.2, -0.15) is 11.8 Å². The first kappa shape index (κ1) is 22.7. The third-order valence-electron chi connectivity index (χ3n) is 4.39. The molecular weight excluding hydrogens is 390 g/mol. The normalized spacial score (nSPS) is 11.3. The molecule has 0 saturated carbocycles. The summed E-state index contributed by atoms with van der Waals surface area (Å²) in [5.41, 5.74) is 2.68. The van der Waals surface area contributed by atoms with Gasteiger partial charge in [-0.1, -0.05) is 0 Å². The van der Waals surface area contributed by atoms with Crippen LogP contribution >= 0.6 is 11.8 Å². The van der Waals surface area contributed by atoms with E-state index in [2.05, 4.69) is 9.97 Å². The number of pyridine rings is 2. The molecule has 2 aromatic rings. The van der Waals surface area contributed by atoms with Gasteiger partial charge >= 0.3 is 0 Å². The Kier molecular flexibility index (Phi) is 9.99. The van der Waals surface area contributed by atoms with E-state index in [-0.39, 0.29) is 4.92 Å². The number of nitro groups is 1. The van der Waals surface area contributed by atoms with Crippen molar-refractivity contribution in [3.8, 4) is 11.5 Å². The van der Waals surface area contributed by atoms with Crippen LogP contribution in [0, 0.1) is 10.1 Å². The molecule has 0 fully saturated rings. The summed E-state index contributed by atoms with van der Waals surface area (Å²) in [5, 5.41) is 11.0. The highest BCUT2D eigenvalue weighted by Crippen LogP contribution is 2.23. The number of rotatable bonds is 13. The second-order valence-corrected chi connectivity index (χ2v) is 7.49. The molecular formula is C21H27N3O4S. The first-order chi connectivity index (χ1) is 14.1. The van der Waals surface area contributed by atoms with Crippen molar-refractivity contribution in [3.63, 3.8) is 0 Å². The van der Waals surface area contributed by atoms with Crippen molar-refractivity contribution < 1.29 is 14.4 Å². The van der Waals surface area contributed by atoms with Crippen LogP contribution in [0.1, 0.15) is 37.1 Å². The molecule has 29 heavy (non-hydrogen) atoms. The molecule has 0 N–H and O–H groups in total. The fourth-order valence-electron chi connectivity index (χ4n) is 2.93. The molecule has 0 amide bonds. The van der Waals surface area contributed by atoms with Crippen LogP contribution < -0.4 is 9.47 Å². The quantitative estimate of drug-likeness (QED) is 0.265. The van der Waals surface area contributed by atoms with Crippen molar-refractivity contribution in [2.45, 2.75) is 37.9 Å². The smallest absolute Gasteiger partial charge is 0.233 e. The lowest BCUT2D eigenvalue weighted by atomic mass is 10.0. The van der Waals surface area contributed by atoms with E-state index in [0.29, 0.717) is 12.8 Å². The Morgan fingerprint density at radius 1 is 1.07 bits per heavy atom. The monoisotopic (exact) mass is 417 g/mol. The maximum Gasteiger partial charge on any atom is 0.233 e. The fourth-order valence-corrected chi connectivity index (χ4v) is 3.90. The summed E-state index contributed by atoms with van der Waals surface area (Å²) in [6.45, 7) is 0. The minimum atomic E-state index is -0.358. The number of thioether (sulfide) groups is 1. The summed E-state index contributed by atoms with van der Waals surface area (Å²) in [5.74, 6) is 3.07. The number of allylic oxidation sites excluding steroid dienone is 1. The van der Waals surface area contributed by atoms with E-state index in [4.69, 9.17) is 9.47 Å². The van der Waals surface area contributed by atoms with Crippen LogP contribution in [0.4, 0.5) is 0 Å². The van der Waals surface area contributed by atoms with E-state index in [9.17, 15) is 10.1 Å². The van der Waals surface area contributed by atoms with Gasteiger partial charge < -0.3 is 9.47 Å². The van der Waals surface area contributed by atoms with Crippen molar-refractivity contribution >= 4 is 11.8 Å². The molecule has 0 radical (unpaired) electrons. The highest BCUT2D eigenvalue weighted by molar-refractivity contribution is 7.98. The SMILES string of the molecule is COc1cccnc1CCCCC(=C[N+](=O)[O-])CCSCc1ncccc1OC. The Hall–Kier alpha value is -2.61. The number of hydrogen-bond donors (Lipinski definition) is 0. The molecule has 0 aliphatic heterocycles. The van der Waals surface area contributed by atoms with E-state index >= 15 is 0 Å². The minimum absolute atomic E-state index is 0.358. The summed E-state index contributed by atoms with van der Waals surface area (Å²) in [6, 6.07) is 7.47. The first-order valence-corrected chi connectivity index (χ1v) is 10.7. The average molecular weight is 418 g/mol. The second kappa shape index (κ2) is 12.8. The molecule has 2 aromatic heterocycles. The summed E-state index contributed by atoms with van der Waals surface area (Å²) in [6.07, 6.45) is 8.63. The molecule has 0 aromatic carbocycles. The number of ether oxygens (including phenoxy) is 2. The van der Waals surface area contributed by atoms with Gasteiger partial charge in [0.15, 0.2) is 0 Å². The predicted molar refractivity (Wildman–Crippen MR) is 115 cm³/mol. The number of aryl methyl sites for hydroxylation is 1. The third kappa shape index (κ3) is 8.11. The van der Waals surface area contributed by atoms with Crippen LogP contribution in [0.2, 0.25) is 0 Å². The first-order valence-electron chi connectivity index (χ1n) is 9.50. The topological polar surface area (TPSA) is 87.4 Å². The molecule has 0 aliphatic carbocycles.